The Hall–Kier alpha value is -3.92. The molecule has 4 rings (SSSR count). The van der Waals surface area contributed by atoms with Crippen LogP contribution in [0.4, 0.5) is 9.18 Å². The zero-order valence-corrected chi connectivity index (χ0v) is 20.0. The van der Waals surface area contributed by atoms with Crippen LogP contribution in [0, 0.1) is 5.82 Å². The van der Waals surface area contributed by atoms with E-state index in [0.717, 1.165) is 0 Å². The van der Waals surface area contributed by atoms with Crippen molar-refractivity contribution in [3.05, 3.63) is 65.4 Å². The molecule has 0 fully saturated rings. The molecular weight excluding hydrogens is 455 g/mol. The minimum absolute atomic E-state index is 0.221. The number of benzene rings is 2. The van der Waals surface area contributed by atoms with Crippen LogP contribution in [0.15, 0.2) is 52.7 Å². The number of halogens is 1. The SMILES string of the molecule is COCCCN1C(=O)NC(c2cccc(F)c2)C(c2nc(-c3ccc(OC)c(OC)c3)no2)=C1C. The molecule has 0 radical (unpaired) electrons. The highest BCUT2D eigenvalue weighted by atomic mass is 19.1. The van der Waals surface area contributed by atoms with Crippen LogP contribution in [0.5, 0.6) is 11.5 Å². The summed E-state index contributed by atoms with van der Waals surface area (Å²) in [6.07, 6.45) is 0.639. The monoisotopic (exact) mass is 482 g/mol. The fourth-order valence-electron chi connectivity index (χ4n) is 4.06. The lowest BCUT2D eigenvalue weighted by Gasteiger charge is -2.35. The number of carbonyl (C=O) groups is 1. The number of nitrogens with one attached hydrogen (secondary N) is 1. The number of urea groups is 1. The Kier molecular flexibility index (Phi) is 7.31. The van der Waals surface area contributed by atoms with Crippen molar-refractivity contribution in [3.8, 4) is 22.9 Å². The van der Waals surface area contributed by atoms with Crippen molar-refractivity contribution in [1.29, 1.82) is 0 Å². The average Bonchev–Trinajstić information content (AvgIpc) is 3.35. The van der Waals surface area contributed by atoms with Gasteiger partial charge in [-0.2, -0.15) is 4.98 Å². The number of rotatable bonds is 9. The van der Waals surface area contributed by atoms with Gasteiger partial charge in [0.25, 0.3) is 5.89 Å². The van der Waals surface area contributed by atoms with E-state index in [4.69, 9.17) is 18.7 Å². The van der Waals surface area contributed by atoms with Crippen LogP contribution >= 0.6 is 0 Å². The van der Waals surface area contributed by atoms with Crippen molar-refractivity contribution in [2.24, 2.45) is 0 Å². The van der Waals surface area contributed by atoms with Crippen LogP contribution in [0.2, 0.25) is 0 Å². The number of carbonyl (C=O) groups excluding carboxylic acids is 1. The Morgan fingerprint density at radius 3 is 2.63 bits per heavy atom. The van der Waals surface area contributed by atoms with E-state index in [1.807, 2.05) is 6.92 Å². The van der Waals surface area contributed by atoms with Crippen molar-refractivity contribution < 1.29 is 27.9 Å². The molecule has 1 aliphatic heterocycles. The standard InChI is InChI=1S/C25H27FN4O5/c1-15-21(24-28-23(29-35-24)17-9-10-19(33-3)20(14-17)34-4)22(16-7-5-8-18(26)13-16)27-25(31)30(15)11-6-12-32-2/h5,7-10,13-14,22H,6,11-12H2,1-4H3,(H,27,31). The van der Waals surface area contributed by atoms with Gasteiger partial charge in [-0.15, -0.1) is 0 Å². The molecule has 1 aliphatic rings. The van der Waals surface area contributed by atoms with Crippen LogP contribution in [-0.2, 0) is 4.74 Å². The molecule has 0 bridgehead atoms. The molecule has 35 heavy (non-hydrogen) atoms. The Bertz CT molecular complexity index is 1240. The summed E-state index contributed by atoms with van der Waals surface area (Å²) in [5, 5.41) is 7.11. The fraction of sp³-hybridized carbons (Fsp3) is 0.320. The molecule has 9 nitrogen and oxygen atoms in total. The second kappa shape index (κ2) is 10.6. The number of hydrogen-bond acceptors (Lipinski definition) is 7. The number of allylic oxidation sites excluding steroid dienone is 1. The fourth-order valence-corrected chi connectivity index (χ4v) is 4.06. The molecule has 2 aromatic carbocycles. The number of aromatic nitrogens is 2. The predicted molar refractivity (Wildman–Crippen MR) is 126 cm³/mol. The third-order valence-corrected chi connectivity index (χ3v) is 5.81. The van der Waals surface area contributed by atoms with Crippen molar-refractivity contribution in [1.82, 2.24) is 20.4 Å². The molecule has 1 N–H and O–H groups in total. The summed E-state index contributed by atoms with van der Waals surface area (Å²) in [4.78, 5) is 19.2. The van der Waals surface area contributed by atoms with Crippen LogP contribution in [-0.4, -0.2) is 55.6 Å². The quantitative estimate of drug-likeness (QED) is 0.451. The van der Waals surface area contributed by atoms with Gasteiger partial charge in [0.15, 0.2) is 11.5 Å². The van der Waals surface area contributed by atoms with E-state index in [9.17, 15) is 9.18 Å². The molecule has 2 amide bonds. The third-order valence-electron chi connectivity index (χ3n) is 5.81. The molecule has 0 aliphatic carbocycles. The zero-order valence-electron chi connectivity index (χ0n) is 20.0. The van der Waals surface area contributed by atoms with Crippen LogP contribution in [0.25, 0.3) is 17.0 Å². The predicted octanol–water partition coefficient (Wildman–Crippen LogP) is 4.43. The summed E-state index contributed by atoms with van der Waals surface area (Å²) in [6, 6.07) is 10.4. The Balaban J connectivity index is 1.77. The van der Waals surface area contributed by atoms with E-state index in [-0.39, 0.29) is 11.9 Å². The summed E-state index contributed by atoms with van der Waals surface area (Å²) in [5.74, 6) is 1.25. The lowest BCUT2D eigenvalue weighted by Crippen LogP contribution is -2.46. The Morgan fingerprint density at radius 1 is 1.11 bits per heavy atom. The normalized spacial score (nSPS) is 15.9. The first-order valence-electron chi connectivity index (χ1n) is 11.1. The van der Waals surface area contributed by atoms with Crippen LogP contribution in [0.3, 0.4) is 0 Å². The highest BCUT2D eigenvalue weighted by Gasteiger charge is 2.35. The van der Waals surface area contributed by atoms with Crippen LogP contribution < -0.4 is 14.8 Å². The first kappa shape index (κ1) is 24.2. The maximum Gasteiger partial charge on any atom is 0.322 e. The van der Waals surface area contributed by atoms with E-state index in [2.05, 4.69) is 15.5 Å². The highest BCUT2D eigenvalue weighted by molar-refractivity contribution is 5.86. The topological polar surface area (TPSA) is 99.0 Å². The molecule has 0 saturated heterocycles. The van der Waals surface area contributed by atoms with Crippen molar-refractivity contribution in [2.45, 2.75) is 19.4 Å². The smallest absolute Gasteiger partial charge is 0.322 e. The van der Waals surface area contributed by atoms with Crippen LogP contribution in [0.1, 0.15) is 30.8 Å². The number of methoxy groups -OCH3 is 3. The van der Waals surface area contributed by atoms with E-state index >= 15 is 0 Å². The zero-order chi connectivity index (χ0) is 24.9. The Morgan fingerprint density at radius 2 is 1.91 bits per heavy atom. The molecular formula is C25H27FN4O5. The van der Waals surface area contributed by atoms with Crippen molar-refractivity contribution >= 4 is 11.6 Å². The summed E-state index contributed by atoms with van der Waals surface area (Å²) in [6.45, 7) is 2.75. The van der Waals surface area contributed by atoms with E-state index in [1.165, 1.54) is 12.1 Å². The van der Waals surface area contributed by atoms with Gasteiger partial charge in [-0.1, -0.05) is 17.3 Å². The summed E-state index contributed by atoms with van der Waals surface area (Å²) in [5.41, 5.74) is 2.46. The molecule has 1 unspecified atom stereocenters. The molecule has 184 valence electrons. The summed E-state index contributed by atoms with van der Waals surface area (Å²) >= 11 is 0. The van der Waals surface area contributed by atoms with E-state index in [0.29, 0.717) is 59.3 Å². The average molecular weight is 483 g/mol. The van der Waals surface area contributed by atoms with Gasteiger partial charge in [-0.05, 0) is 49.2 Å². The number of nitrogens with zero attached hydrogens (tertiary/aromatic N) is 3. The lowest BCUT2D eigenvalue weighted by molar-refractivity contribution is 0.174. The van der Waals surface area contributed by atoms with Gasteiger partial charge in [0.1, 0.15) is 5.82 Å². The Labute approximate surface area is 202 Å². The molecule has 10 heteroatoms. The summed E-state index contributed by atoms with van der Waals surface area (Å²) in [7, 11) is 4.71. The highest BCUT2D eigenvalue weighted by Crippen LogP contribution is 2.38. The maximum absolute atomic E-state index is 14.1. The molecule has 0 saturated carbocycles. The number of hydrogen-bond donors (Lipinski definition) is 1. The van der Waals surface area contributed by atoms with Gasteiger partial charge in [-0.3, -0.25) is 4.90 Å². The third kappa shape index (κ3) is 4.97. The van der Waals surface area contributed by atoms with E-state index < -0.39 is 11.9 Å². The van der Waals surface area contributed by atoms with Crippen molar-refractivity contribution in [2.75, 3.05) is 34.5 Å². The van der Waals surface area contributed by atoms with Crippen molar-refractivity contribution in [3.63, 3.8) is 0 Å². The molecule has 1 aromatic heterocycles. The first-order valence-corrected chi connectivity index (χ1v) is 11.1. The minimum atomic E-state index is -0.671. The number of ether oxygens (including phenoxy) is 3. The molecule has 3 aromatic rings. The second-order valence-corrected chi connectivity index (χ2v) is 7.93. The van der Waals surface area contributed by atoms with Gasteiger partial charge >= 0.3 is 6.03 Å². The van der Waals surface area contributed by atoms with Gasteiger partial charge in [-0.25, -0.2) is 9.18 Å². The molecule has 0 spiro atoms. The van der Waals surface area contributed by atoms with E-state index in [1.54, 1.807) is 56.6 Å². The largest absolute Gasteiger partial charge is 0.493 e. The maximum atomic E-state index is 14.1. The van der Waals surface area contributed by atoms with Gasteiger partial charge < -0.3 is 24.1 Å². The molecule has 2 heterocycles. The lowest BCUT2D eigenvalue weighted by atomic mass is 9.94. The molecule has 1 atom stereocenters. The number of amides is 2. The summed E-state index contributed by atoms with van der Waals surface area (Å²) < 4.78 is 35.5. The van der Waals surface area contributed by atoms with Gasteiger partial charge in [0, 0.05) is 31.5 Å². The second-order valence-electron chi connectivity index (χ2n) is 7.93. The van der Waals surface area contributed by atoms with Gasteiger partial charge in [0.05, 0.1) is 25.8 Å². The van der Waals surface area contributed by atoms with Gasteiger partial charge in [0.2, 0.25) is 5.82 Å². The minimum Gasteiger partial charge on any atom is -0.493 e. The first-order chi connectivity index (χ1) is 17.0.